The van der Waals surface area contributed by atoms with E-state index >= 15 is 0 Å². The molecule has 0 unspecified atom stereocenters. The van der Waals surface area contributed by atoms with Crippen molar-refractivity contribution < 1.29 is 27.5 Å². The summed E-state index contributed by atoms with van der Waals surface area (Å²) in [5, 5.41) is 8.02. The molecule has 0 radical (unpaired) electrons. The van der Waals surface area contributed by atoms with Crippen LogP contribution in [0, 0.1) is 6.92 Å². The summed E-state index contributed by atoms with van der Waals surface area (Å²) < 4.78 is 33.9. The molecule has 2 aromatic carbocycles. The van der Waals surface area contributed by atoms with Crippen LogP contribution >= 0.6 is 0 Å². The van der Waals surface area contributed by atoms with E-state index in [1.807, 2.05) is 0 Å². The zero-order chi connectivity index (χ0) is 22.5. The van der Waals surface area contributed by atoms with Crippen molar-refractivity contribution in [2.24, 2.45) is 5.14 Å². The summed E-state index contributed by atoms with van der Waals surface area (Å²) in [6, 6.07) is 10.5. The fourth-order valence-electron chi connectivity index (χ4n) is 2.97. The number of sulfonamides is 1. The molecule has 0 aliphatic heterocycles. The number of nitrogens with one attached hydrogen (secondary N) is 1. The van der Waals surface area contributed by atoms with Gasteiger partial charge in [-0.3, -0.25) is 9.59 Å². The highest BCUT2D eigenvalue weighted by molar-refractivity contribution is 7.89. The third-order valence-electron chi connectivity index (χ3n) is 4.40. The second-order valence-electron chi connectivity index (χ2n) is 7.02. The molecule has 0 fully saturated rings. The summed E-state index contributed by atoms with van der Waals surface area (Å²) in [5.41, 5.74) is 1.05. The molecule has 0 aliphatic rings. The summed E-state index contributed by atoms with van der Waals surface area (Å²) in [7, 11) is -2.44. The number of benzene rings is 2. The van der Waals surface area contributed by atoms with E-state index in [1.54, 1.807) is 38.1 Å². The second-order valence-corrected chi connectivity index (χ2v) is 8.55. The van der Waals surface area contributed by atoms with Gasteiger partial charge in [-0.25, -0.2) is 13.6 Å². The third-order valence-corrected chi connectivity index (χ3v) is 5.45. The molecule has 0 aromatic heterocycles. The van der Waals surface area contributed by atoms with Crippen molar-refractivity contribution in [3.63, 3.8) is 0 Å². The van der Waals surface area contributed by atoms with Gasteiger partial charge < -0.3 is 14.8 Å². The van der Waals surface area contributed by atoms with E-state index in [2.05, 4.69) is 5.32 Å². The zero-order valence-electron chi connectivity index (χ0n) is 17.3. The highest BCUT2D eigenvalue weighted by Crippen LogP contribution is 2.23. The Morgan fingerprint density at radius 2 is 1.73 bits per heavy atom. The van der Waals surface area contributed by atoms with Crippen molar-refractivity contribution in [1.29, 1.82) is 0 Å². The highest BCUT2D eigenvalue weighted by Gasteiger charge is 2.23. The number of rotatable bonds is 8. The lowest BCUT2D eigenvalue weighted by Crippen LogP contribution is -2.32. The van der Waals surface area contributed by atoms with Crippen LogP contribution in [0.4, 0.5) is 0 Å². The lowest BCUT2D eigenvalue weighted by Gasteiger charge is -2.20. The summed E-state index contributed by atoms with van der Waals surface area (Å²) >= 11 is 0. The Kier molecular flexibility index (Phi) is 7.58. The molecule has 162 valence electrons. The highest BCUT2D eigenvalue weighted by atomic mass is 32.2. The molecule has 9 heteroatoms. The first-order chi connectivity index (χ1) is 14.0. The molecule has 2 rings (SSSR count). The Morgan fingerprint density at radius 1 is 1.10 bits per heavy atom. The van der Waals surface area contributed by atoms with E-state index in [4.69, 9.17) is 14.6 Å². The lowest BCUT2D eigenvalue weighted by atomic mass is 10.0. The molecule has 0 heterocycles. The third kappa shape index (κ3) is 6.04. The number of hydrogen-bond donors (Lipinski definition) is 2. The molecular weight excluding hydrogens is 408 g/mol. The van der Waals surface area contributed by atoms with Crippen molar-refractivity contribution in [2.45, 2.75) is 44.2 Å². The monoisotopic (exact) mass is 434 g/mol. The number of carbonyl (C=O) groups excluding carboxylic acids is 2. The number of methoxy groups -OCH3 is 1. The summed E-state index contributed by atoms with van der Waals surface area (Å²) in [6.45, 7) is 4.98. The number of hydrogen-bond acceptors (Lipinski definition) is 6. The average molecular weight is 435 g/mol. The standard InChI is InChI=1S/C21H26N2O6S/c1-13(2)29-20(24)12-18(15-8-10-16(28-4)11-9-15)23-21(25)17-6-5-7-19(14(17)3)30(22,26)27/h5-11,13,18H,12H2,1-4H3,(H,23,25)(H2,22,26,27)/t18-/m0/s1. The first kappa shape index (κ1) is 23.4. The van der Waals surface area contributed by atoms with Gasteiger partial charge in [-0.2, -0.15) is 0 Å². The van der Waals surface area contributed by atoms with Gasteiger partial charge in [0.1, 0.15) is 5.75 Å². The van der Waals surface area contributed by atoms with Crippen molar-refractivity contribution >= 4 is 21.9 Å². The molecule has 2 aromatic rings. The molecule has 0 bridgehead atoms. The smallest absolute Gasteiger partial charge is 0.308 e. The van der Waals surface area contributed by atoms with E-state index in [1.165, 1.54) is 32.2 Å². The average Bonchev–Trinajstić information content (AvgIpc) is 2.66. The first-order valence-electron chi connectivity index (χ1n) is 9.29. The molecule has 8 nitrogen and oxygen atoms in total. The number of amides is 1. The Balaban J connectivity index is 2.35. The Hall–Kier alpha value is -2.91. The normalized spacial score (nSPS) is 12.3. The van der Waals surface area contributed by atoms with Crippen molar-refractivity contribution in [2.75, 3.05) is 7.11 Å². The SMILES string of the molecule is COc1ccc([C@H](CC(=O)OC(C)C)NC(=O)c2cccc(S(N)(=O)=O)c2C)cc1. The first-order valence-corrected chi connectivity index (χ1v) is 10.8. The van der Waals surface area contributed by atoms with E-state index < -0.39 is 27.9 Å². The topological polar surface area (TPSA) is 125 Å². The number of carbonyl (C=O) groups is 2. The van der Waals surface area contributed by atoms with Gasteiger partial charge in [-0.15, -0.1) is 0 Å². The molecule has 0 spiro atoms. The van der Waals surface area contributed by atoms with Gasteiger partial charge in [-0.1, -0.05) is 18.2 Å². The van der Waals surface area contributed by atoms with Crippen molar-refractivity contribution in [1.82, 2.24) is 5.32 Å². The molecule has 0 saturated carbocycles. The van der Waals surface area contributed by atoms with Crippen LogP contribution in [-0.2, 0) is 19.6 Å². The van der Waals surface area contributed by atoms with Gasteiger partial charge in [-0.05, 0) is 56.2 Å². The maximum Gasteiger partial charge on any atom is 0.308 e. The fraction of sp³-hybridized carbons (Fsp3) is 0.333. The Labute approximate surface area is 176 Å². The fourth-order valence-corrected chi connectivity index (χ4v) is 3.78. The Bertz CT molecular complexity index is 1020. The van der Waals surface area contributed by atoms with Crippen LogP contribution in [0.5, 0.6) is 5.75 Å². The number of primary sulfonamides is 1. The zero-order valence-corrected chi connectivity index (χ0v) is 18.2. The van der Waals surface area contributed by atoms with Crippen LogP contribution in [-0.4, -0.2) is 33.5 Å². The maximum absolute atomic E-state index is 12.9. The van der Waals surface area contributed by atoms with E-state index in [9.17, 15) is 18.0 Å². The van der Waals surface area contributed by atoms with Gasteiger partial charge in [0.25, 0.3) is 5.91 Å². The van der Waals surface area contributed by atoms with Crippen LogP contribution < -0.4 is 15.2 Å². The largest absolute Gasteiger partial charge is 0.497 e. The molecule has 30 heavy (non-hydrogen) atoms. The number of ether oxygens (including phenoxy) is 2. The molecular formula is C21H26N2O6S. The van der Waals surface area contributed by atoms with Gasteiger partial charge >= 0.3 is 5.97 Å². The summed E-state index contributed by atoms with van der Waals surface area (Å²) in [6.07, 6.45) is -0.386. The van der Waals surface area contributed by atoms with Gasteiger partial charge in [0.2, 0.25) is 10.0 Å². The minimum Gasteiger partial charge on any atom is -0.497 e. The van der Waals surface area contributed by atoms with Crippen molar-refractivity contribution in [3.05, 3.63) is 59.2 Å². The Morgan fingerprint density at radius 3 is 2.27 bits per heavy atom. The van der Waals surface area contributed by atoms with Crippen LogP contribution in [0.15, 0.2) is 47.4 Å². The molecule has 1 atom stereocenters. The van der Waals surface area contributed by atoms with Crippen LogP contribution in [0.3, 0.4) is 0 Å². The summed E-state index contributed by atoms with van der Waals surface area (Å²) in [4.78, 5) is 25.0. The molecule has 0 saturated heterocycles. The predicted octanol–water partition coefficient (Wildman–Crippen LogP) is 2.46. The van der Waals surface area contributed by atoms with Gasteiger partial charge in [0.15, 0.2) is 0 Å². The second kappa shape index (κ2) is 9.73. The molecule has 0 aliphatic carbocycles. The predicted molar refractivity (Wildman–Crippen MR) is 112 cm³/mol. The van der Waals surface area contributed by atoms with Gasteiger partial charge in [0, 0.05) is 5.56 Å². The van der Waals surface area contributed by atoms with Crippen LogP contribution in [0.1, 0.15) is 47.8 Å². The number of nitrogens with two attached hydrogens (primary N) is 1. The molecule has 1 amide bonds. The van der Waals surface area contributed by atoms with Gasteiger partial charge in [0.05, 0.1) is 30.6 Å². The quantitative estimate of drug-likeness (QED) is 0.615. The van der Waals surface area contributed by atoms with E-state index in [-0.39, 0.29) is 28.5 Å². The van der Waals surface area contributed by atoms with E-state index in [0.29, 0.717) is 11.3 Å². The minimum absolute atomic E-state index is 0.0931. The van der Waals surface area contributed by atoms with Crippen LogP contribution in [0.2, 0.25) is 0 Å². The minimum atomic E-state index is -3.98. The van der Waals surface area contributed by atoms with Crippen LogP contribution in [0.25, 0.3) is 0 Å². The van der Waals surface area contributed by atoms with Crippen molar-refractivity contribution in [3.8, 4) is 5.75 Å². The molecule has 3 N–H and O–H groups in total. The summed E-state index contributed by atoms with van der Waals surface area (Å²) in [5.74, 6) is -0.373. The van der Waals surface area contributed by atoms with E-state index in [0.717, 1.165) is 0 Å². The number of esters is 1. The lowest BCUT2D eigenvalue weighted by molar-refractivity contribution is -0.147. The maximum atomic E-state index is 12.9.